The van der Waals surface area contributed by atoms with E-state index in [9.17, 15) is 13.2 Å². The van der Waals surface area contributed by atoms with Crippen molar-refractivity contribution >= 4 is 16.1 Å². The van der Waals surface area contributed by atoms with Crippen molar-refractivity contribution < 1.29 is 13.2 Å². The van der Waals surface area contributed by atoms with Crippen LogP contribution in [0.4, 0.5) is 0 Å². The predicted molar refractivity (Wildman–Crippen MR) is 83.3 cm³/mol. The van der Waals surface area contributed by atoms with Crippen molar-refractivity contribution in [1.29, 1.82) is 0 Å². The number of benzene rings is 1. The molecule has 23 heavy (non-hydrogen) atoms. The minimum absolute atomic E-state index is 0.204. The number of rotatable bonds is 2. The van der Waals surface area contributed by atoms with Crippen LogP contribution in [0.5, 0.6) is 0 Å². The van der Waals surface area contributed by atoms with Gasteiger partial charge in [-0.2, -0.15) is 17.8 Å². The predicted octanol–water partition coefficient (Wildman–Crippen LogP) is 0.598. The van der Waals surface area contributed by atoms with Crippen LogP contribution < -0.4 is 0 Å². The molecule has 8 nitrogen and oxygen atoms in total. The standard InChI is InChI=1S/C14H17N5O3S/c1-11-8-12(4-5-13(11)18-10-15-9-16-18)14(20)19-7-3-6-17(2)23(19,21)22/h4-5,8-10H,3,6-7H2,1-2H3. The zero-order valence-electron chi connectivity index (χ0n) is 12.9. The van der Waals surface area contributed by atoms with E-state index in [1.807, 2.05) is 6.92 Å². The summed E-state index contributed by atoms with van der Waals surface area (Å²) in [4.78, 5) is 16.5. The molecule has 0 radical (unpaired) electrons. The van der Waals surface area contributed by atoms with E-state index in [0.717, 1.165) is 15.6 Å². The number of carbonyl (C=O) groups is 1. The first kappa shape index (κ1) is 15.6. The maximum atomic E-state index is 12.6. The lowest BCUT2D eigenvalue weighted by Crippen LogP contribution is -2.50. The fourth-order valence-electron chi connectivity index (χ4n) is 2.56. The highest BCUT2D eigenvalue weighted by Gasteiger charge is 2.35. The largest absolute Gasteiger partial charge is 0.306 e. The van der Waals surface area contributed by atoms with Gasteiger partial charge in [-0.3, -0.25) is 4.79 Å². The van der Waals surface area contributed by atoms with Gasteiger partial charge in [0.05, 0.1) is 5.69 Å². The van der Waals surface area contributed by atoms with Crippen LogP contribution in [-0.4, -0.2) is 57.8 Å². The summed E-state index contributed by atoms with van der Waals surface area (Å²) in [6.45, 7) is 2.47. The monoisotopic (exact) mass is 335 g/mol. The third kappa shape index (κ3) is 2.73. The van der Waals surface area contributed by atoms with Gasteiger partial charge in [0.25, 0.3) is 5.91 Å². The van der Waals surface area contributed by atoms with Gasteiger partial charge in [-0.25, -0.2) is 14.0 Å². The molecule has 2 heterocycles. The highest BCUT2D eigenvalue weighted by molar-refractivity contribution is 7.87. The molecule has 1 amide bonds. The molecular formula is C14H17N5O3S. The Kier molecular flexibility index (Phi) is 3.90. The Hall–Kier alpha value is -2.26. The molecule has 0 N–H and O–H groups in total. The summed E-state index contributed by atoms with van der Waals surface area (Å²) in [5.41, 5.74) is 1.94. The van der Waals surface area contributed by atoms with Crippen molar-refractivity contribution in [2.75, 3.05) is 20.1 Å². The van der Waals surface area contributed by atoms with Crippen molar-refractivity contribution in [3.63, 3.8) is 0 Å². The lowest BCUT2D eigenvalue weighted by molar-refractivity contribution is 0.0841. The van der Waals surface area contributed by atoms with Crippen LogP contribution in [0, 0.1) is 6.92 Å². The van der Waals surface area contributed by atoms with E-state index in [1.165, 1.54) is 17.7 Å². The van der Waals surface area contributed by atoms with E-state index in [-0.39, 0.29) is 6.54 Å². The van der Waals surface area contributed by atoms with Crippen molar-refractivity contribution in [3.8, 4) is 5.69 Å². The van der Waals surface area contributed by atoms with Crippen molar-refractivity contribution in [1.82, 2.24) is 23.4 Å². The Morgan fingerprint density at radius 2 is 2.04 bits per heavy atom. The first-order valence-corrected chi connectivity index (χ1v) is 8.55. The summed E-state index contributed by atoms with van der Waals surface area (Å²) < 4.78 is 28.3. The summed E-state index contributed by atoms with van der Waals surface area (Å²) in [7, 11) is -2.25. The Labute approximate surface area is 134 Å². The first-order valence-electron chi connectivity index (χ1n) is 7.15. The molecule has 0 atom stereocenters. The van der Waals surface area contributed by atoms with Gasteiger partial charge in [-0.1, -0.05) is 0 Å². The van der Waals surface area contributed by atoms with E-state index in [0.29, 0.717) is 18.5 Å². The number of amides is 1. The average Bonchev–Trinajstić information content (AvgIpc) is 3.03. The first-order chi connectivity index (χ1) is 10.9. The highest BCUT2D eigenvalue weighted by atomic mass is 32.2. The summed E-state index contributed by atoms with van der Waals surface area (Å²) in [6, 6.07) is 5.01. The van der Waals surface area contributed by atoms with Gasteiger partial charge in [0.15, 0.2) is 0 Å². The molecule has 1 saturated heterocycles. The SMILES string of the molecule is Cc1cc(C(=O)N2CCCN(C)S2(=O)=O)ccc1-n1cncn1. The highest BCUT2D eigenvalue weighted by Crippen LogP contribution is 2.20. The Morgan fingerprint density at radius 3 is 2.70 bits per heavy atom. The van der Waals surface area contributed by atoms with Gasteiger partial charge in [0.2, 0.25) is 0 Å². The minimum atomic E-state index is -3.73. The lowest BCUT2D eigenvalue weighted by Gasteiger charge is -2.32. The normalized spacial score (nSPS) is 18.1. The molecular weight excluding hydrogens is 318 g/mol. The van der Waals surface area contributed by atoms with Crippen LogP contribution in [0.15, 0.2) is 30.9 Å². The number of hydrogen-bond donors (Lipinski definition) is 0. The molecule has 2 aromatic rings. The molecule has 9 heteroatoms. The molecule has 0 saturated carbocycles. The maximum Gasteiger partial charge on any atom is 0.306 e. The molecule has 0 bridgehead atoms. The minimum Gasteiger partial charge on any atom is -0.268 e. The molecule has 0 unspecified atom stereocenters. The third-order valence-corrected chi connectivity index (χ3v) is 5.72. The molecule has 1 aromatic heterocycles. The third-order valence-electron chi connectivity index (χ3n) is 3.84. The maximum absolute atomic E-state index is 12.6. The zero-order chi connectivity index (χ0) is 16.6. The Balaban J connectivity index is 1.93. The smallest absolute Gasteiger partial charge is 0.268 e. The van der Waals surface area contributed by atoms with Crippen molar-refractivity contribution in [2.24, 2.45) is 0 Å². The van der Waals surface area contributed by atoms with Gasteiger partial charge in [0, 0.05) is 25.7 Å². The fraction of sp³-hybridized carbons (Fsp3) is 0.357. The average molecular weight is 335 g/mol. The van der Waals surface area contributed by atoms with Gasteiger partial charge in [-0.15, -0.1) is 0 Å². The van der Waals surface area contributed by atoms with E-state index in [2.05, 4.69) is 10.1 Å². The summed E-state index contributed by atoms with van der Waals surface area (Å²) in [6.07, 6.45) is 3.61. The van der Waals surface area contributed by atoms with Crippen LogP contribution in [0.1, 0.15) is 22.3 Å². The van der Waals surface area contributed by atoms with Crippen LogP contribution in [0.25, 0.3) is 5.69 Å². The molecule has 1 aromatic carbocycles. The molecule has 1 fully saturated rings. The summed E-state index contributed by atoms with van der Waals surface area (Å²) >= 11 is 0. The molecule has 1 aliphatic heterocycles. The van der Waals surface area contributed by atoms with Crippen molar-refractivity contribution in [2.45, 2.75) is 13.3 Å². The molecule has 3 rings (SSSR count). The molecule has 0 spiro atoms. The van der Waals surface area contributed by atoms with Gasteiger partial charge in [-0.05, 0) is 37.1 Å². The van der Waals surface area contributed by atoms with E-state index in [4.69, 9.17) is 0 Å². The Bertz CT molecular complexity index is 832. The van der Waals surface area contributed by atoms with Crippen LogP contribution in [0.3, 0.4) is 0 Å². The topological polar surface area (TPSA) is 88.4 Å². The Morgan fingerprint density at radius 1 is 1.26 bits per heavy atom. The van der Waals surface area contributed by atoms with Crippen LogP contribution >= 0.6 is 0 Å². The van der Waals surface area contributed by atoms with Gasteiger partial charge in [0.1, 0.15) is 12.7 Å². The van der Waals surface area contributed by atoms with Crippen LogP contribution in [-0.2, 0) is 10.2 Å². The number of nitrogens with zero attached hydrogens (tertiary/aromatic N) is 5. The van der Waals surface area contributed by atoms with E-state index >= 15 is 0 Å². The second kappa shape index (κ2) is 5.74. The number of aromatic nitrogens is 3. The second-order valence-electron chi connectivity index (χ2n) is 5.40. The van der Waals surface area contributed by atoms with Crippen LogP contribution in [0.2, 0.25) is 0 Å². The van der Waals surface area contributed by atoms with E-state index in [1.54, 1.807) is 29.2 Å². The molecule has 1 aliphatic rings. The lowest BCUT2D eigenvalue weighted by atomic mass is 10.1. The van der Waals surface area contributed by atoms with Crippen molar-refractivity contribution in [3.05, 3.63) is 42.0 Å². The quantitative estimate of drug-likeness (QED) is 0.802. The summed E-state index contributed by atoms with van der Waals surface area (Å²) in [5, 5.41) is 4.05. The number of aryl methyl sites for hydroxylation is 1. The fourth-order valence-corrected chi connectivity index (χ4v) is 3.94. The molecule has 0 aliphatic carbocycles. The zero-order valence-corrected chi connectivity index (χ0v) is 13.7. The number of hydrogen-bond acceptors (Lipinski definition) is 5. The molecule has 122 valence electrons. The van der Waals surface area contributed by atoms with Gasteiger partial charge >= 0.3 is 10.2 Å². The van der Waals surface area contributed by atoms with E-state index < -0.39 is 16.1 Å². The summed E-state index contributed by atoms with van der Waals surface area (Å²) in [5.74, 6) is -0.509. The van der Waals surface area contributed by atoms with Gasteiger partial charge < -0.3 is 0 Å². The second-order valence-corrected chi connectivity index (χ2v) is 7.36. The number of carbonyl (C=O) groups excluding carboxylic acids is 1.